The van der Waals surface area contributed by atoms with E-state index in [9.17, 15) is 4.79 Å². The quantitative estimate of drug-likeness (QED) is 0.791. The molecule has 0 N–H and O–H groups in total. The topological polar surface area (TPSA) is 26.3 Å². The van der Waals surface area contributed by atoms with Crippen LogP contribution in [0.4, 0.5) is 0 Å². The van der Waals surface area contributed by atoms with Crippen LogP contribution in [0.1, 0.15) is 30.6 Å². The van der Waals surface area contributed by atoms with Crippen LogP contribution in [0.3, 0.4) is 0 Å². The molecule has 1 fully saturated rings. The number of thioether (sulfide) groups is 1. The van der Waals surface area contributed by atoms with Gasteiger partial charge in [-0.25, -0.2) is 0 Å². The van der Waals surface area contributed by atoms with Gasteiger partial charge in [0, 0.05) is 26.8 Å². The van der Waals surface area contributed by atoms with Gasteiger partial charge in [0.05, 0.1) is 6.10 Å². The van der Waals surface area contributed by atoms with Gasteiger partial charge in [-0.1, -0.05) is 15.9 Å². The first-order valence-electron chi connectivity index (χ1n) is 5.66. The normalized spacial score (nSPS) is 23.9. The molecule has 0 amide bonds. The second kappa shape index (κ2) is 5.55. The van der Waals surface area contributed by atoms with Crippen LogP contribution in [0, 0.1) is 0 Å². The van der Waals surface area contributed by atoms with Crippen LogP contribution in [0.5, 0.6) is 0 Å². The molecular formula is C13H15BrO2S. The van der Waals surface area contributed by atoms with Crippen molar-refractivity contribution in [1.29, 1.82) is 0 Å². The lowest BCUT2D eigenvalue weighted by molar-refractivity contribution is 0.101. The van der Waals surface area contributed by atoms with E-state index in [1.165, 1.54) is 4.90 Å². The SMILES string of the molecule is CC(=O)c1ccc(SC2CCOC2C)cc1Br. The van der Waals surface area contributed by atoms with Crippen molar-refractivity contribution >= 4 is 33.5 Å². The Kier molecular flexibility index (Phi) is 4.28. The standard InChI is InChI=1S/C13H15BrO2S/c1-8(15)11-4-3-10(7-12(11)14)17-13-5-6-16-9(13)2/h3-4,7,9,13H,5-6H2,1-2H3. The van der Waals surface area contributed by atoms with Crippen molar-refractivity contribution < 1.29 is 9.53 Å². The molecule has 1 aromatic rings. The summed E-state index contributed by atoms with van der Waals surface area (Å²) in [5.41, 5.74) is 0.741. The van der Waals surface area contributed by atoms with Crippen LogP contribution in [0.15, 0.2) is 27.6 Å². The average Bonchev–Trinajstić information content (AvgIpc) is 2.64. The Hall–Kier alpha value is -0.320. The fourth-order valence-electron chi connectivity index (χ4n) is 1.90. The first-order chi connectivity index (χ1) is 8.08. The van der Waals surface area contributed by atoms with Crippen molar-refractivity contribution in [3.8, 4) is 0 Å². The highest BCUT2D eigenvalue weighted by atomic mass is 79.9. The minimum Gasteiger partial charge on any atom is -0.377 e. The summed E-state index contributed by atoms with van der Waals surface area (Å²) in [4.78, 5) is 12.5. The van der Waals surface area contributed by atoms with Crippen molar-refractivity contribution in [2.45, 2.75) is 36.5 Å². The number of halogens is 1. The van der Waals surface area contributed by atoms with Gasteiger partial charge in [0.15, 0.2) is 5.78 Å². The molecule has 2 atom stereocenters. The maximum atomic E-state index is 11.3. The molecule has 2 rings (SSSR count). The third-order valence-electron chi connectivity index (χ3n) is 2.91. The van der Waals surface area contributed by atoms with Gasteiger partial charge < -0.3 is 4.74 Å². The highest BCUT2D eigenvalue weighted by Crippen LogP contribution is 2.34. The lowest BCUT2D eigenvalue weighted by Crippen LogP contribution is -2.12. The Labute approximate surface area is 114 Å². The molecule has 0 bridgehead atoms. The molecule has 4 heteroatoms. The van der Waals surface area contributed by atoms with Gasteiger partial charge in [-0.2, -0.15) is 0 Å². The second-order valence-electron chi connectivity index (χ2n) is 4.22. The minimum atomic E-state index is 0.0889. The highest BCUT2D eigenvalue weighted by Gasteiger charge is 2.25. The van der Waals surface area contributed by atoms with Crippen LogP contribution in [-0.2, 0) is 4.74 Å². The smallest absolute Gasteiger partial charge is 0.160 e. The van der Waals surface area contributed by atoms with Crippen molar-refractivity contribution in [1.82, 2.24) is 0 Å². The Morgan fingerprint density at radius 2 is 2.29 bits per heavy atom. The molecule has 1 aliphatic heterocycles. The first-order valence-corrected chi connectivity index (χ1v) is 7.34. The number of ether oxygens (including phenoxy) is 1. The molecule has 1 aromatic carbocycles. The van der Waals surface area contributed by atoms with E-state index in [0.717, 1.165) is 23.1 Å². The van der Waals surface area contributed by atoms with Crippen LogP contribution in [-0.4, -0.2) is 23.7 Å². The van der Waals surface area contributed by atoms with Crippen molar-refractivity contribution in [2.24, 2.45) is 0 Å². The zero-order valence-electron chi connectivity index (χ0n) is 9.90. The summed E-state index contributed by atoms with van der Waals surface area (Å²) >= 11 is 5.27. The molecule has 0 spiro atoms. The van der Waals surface area contributed by atoms with E-state index in [2.05, 4.69) is 22.9 Å². The molecule has 17 heavy (non-hydrogen) atoms. The molecule has 0 aliphatic carbocycles. The number of rotatable bonds is 3. The van der Waals surface area contributed by atoms with Crippen LogP contribution in [0.25, 0.3) is 0 Å². The molecule has 0 saturated carbocycles. The molecule has 92 valence electrons. The zero-order chi connectivity index (χ0) is 12.4. The number of carbonyl (C=O) groups is 1. The van der Waals surface area contributed by atoms with Crippen molar-refractivity contribution in [2.75, 3.05) is 6.61 Å². The number of ketones is 1. The first kappa shape index (κ1) is 13.1. The number of hydrogen-bond acceptors (Lipinski definition) is 3. The molecule has 1 saturated heterocycles. The Bertz CT molecular complexity index is 433. The van der Waals surface area contributed by atoms with Gasteiger partial charge in [0.2, 0.25) is 0 Å². The molecule has 0 radical (unpaired) electrons. The fourth-order valence-corrected chi connectivity index (χ4v) is 3.87. The van der Waals surface area contributed by atoms with Crippen LogP contribution in [0.2, 0.25) is 0 Å². The predicted octanol–water partition coefficient (Wildman–Crippen LogP) is 3.92. The third kappa shape index (κ3) is 3.12. The summed E-state index contributed by atoms with van der Waals surface area (Å²) in [6.45, 7) is 4.55. The third-order valence-corrected chi connectivity index (χ3v) is 5.02. The summed E-state index contributed by atoms with van der Waals surface area (Å²) in [5, 5.41) is 0.519. The largest absolute Gasteiger partial charge is 0.377 e. The maximum absolute atomic E-state index is 11.3. The van der Waals surface area contributed by atoms with E-state index in [-0.39, 0.29) is 5.78 Å². The van der Waals surface area contributed by atoms with E-state index < -0.39 is 0 Å². The Balaban J connectivity index is 2.12. The van der Waals surface area contributed by atoms with E-state index in [4.69, 9.17) is 4.74 Å². The van der Waals surface area contributed by atoms with Gasteiger partial charge in [-0.3, -0.25) is 4.79 Å². The maximum Gasteiger partial charge on any atom is 0.160 e. The number of carbonyl (C=O) groups excluding carboxylic acids is 1. The lowest BCUT2D eigenvalue weighted by Gasteiger charge is -2.14. The summed E-state index contributed by atoms with van der Waals surface area (Å²) in [6, 6.07) is 5.92. The molecule has 2 nitrogen and oxygen atoms in total. The van der Waals surface area contributed by atoms with Gasteiger partial charge in [0.25, 0.3) is 0 Å². The Morgan fingerprint density at radius 3 is 2.82 bits per heavy atom. The van der Waals surface area contributed by atoms with Gasteiger partial charge >= 0.3 is 0 Å². The number of benzene rings is 1. The Morgan fingerprint density at radius 1 is 1.53 bits per heavy atom. The molecular weight excluding hydrogens is 300 g/mol. The van der Waals surface area contributed by atoms with Gasteiger partial charge in [0.1, 0.15) is 0 Å². The molecule has 1 heterocycles. The molecule has 1 aliphatic rings. The predicted molar refractivity (Wildman–Crippen MR) is 73.8 cm³/mol. The number of hydrogen-bond donors (Lipinski definition) is 0. The molecule has 0 aromatic heterocycles. The monoisotopic (exact) mass is 314 g/mol. The average molecular weight is 315 g/mol. The zero-order valence-corrected chi connectivity index (χ0v) is 12.3. The lowest BCUT2D eigenvalue weighted by atomic mass is 10.1. The number of Topliss-reactive ketones (excluding diaryl/α,β-unsaturated/α-hetero) is 1. The minimum absolute atomic E-state index is 0.0889. The summed E-state index contributed by atoms with van der Waals surface area (Å²) in [5.74, 6) is 0.0889. The summed E-state index contributed by atoms with van der Waals surface area (Å²) < 4.78 is 6.42. The van der Waals surface area contributed by atoms with Crippen LogP contribution < -0.4 is 0 Å². The van der Waals surface area contributed by atoms with E-state index in [1.54, 1.807) is 6.92 Å². The fraction of sp³-hybridized carbons (Fsp3) is 0.462. The highest BCUT2D eigenvalue weighted by molar-refractivity contribution is 9.10. The summed E-state index contributed by atoms with van der Waals surface area (Å²) in [7, 11) is 0. The van der Waals surface area contributed by atoms with E-state index in [1.807, 2.05) is 30.0 Å². The van der Waals surface area contributed by atoms with E-state index >= 15 is 0 Å². The van der Waals surface area contributed by atoms with Gasteiger partial charge in [-0.15, -0.1) is 11.8 Å². The second-order valence-corrected chi connectivity index (χ2v) is 6.39. The van der Waals surface area contributed by atoms with Crippen molar-refractivity contribution in [3.05, 3.63) is 28.2 Å². The van der Waals surface area contributed by atoms with Crippen LogP contribution >= 0.6 is 27.7 Å². The van der Waals surface area contributed by atoms with Gasteiger partial charge in [-0.05, 0) is 38.5 Å². The summed E-state index contributed by atoms with van der Waals surface area (Å²) in [6.07, 6.45) is 1.41. The molecule has 2 unspecified atom stereocenters. The van der Waals surface area contributed by atoms with E-state index in [0.29, 0.717) is 11.4 Å². The van der Waals surface area contributed by atoms with Crippen molar-refractivity contribution in [3.63, 3.8) is 0 Å².